The number of carbonyl (C=O) groups excluding carboxylic acids is 1. The van der Waals surface area contributed by atoms with Gasteiger partial charge in [0.2, 0.25) is 0 Å². The molecule has 3 atom stereocenters. The highest BCUT2D eigenvalue weighted by molar-refractivity contribution is 8.03. The summed E-state index contributed by atoms with van der Waals surface area (Å²) in [4.78, 5) is 13.5. The highest BCUT2D eigenvalue weighted by atomic mass is 32.2. The molecule has 0 fully saturated rings. The summed E-state index contributed by atoms with van der Waals surface area (Å²) in [6, 6.07) is 14.4. The molecule has 0 spiro atoms. The second-order valence-electron chi connectivity index (χ2n) is 7.03. The van der Waals surface area contributed by atoms with Crippen LogP contribution in [0.4, 0.5) is 0 Å². The summed E-state index contributed by atoms with van der Waals surface area (Å²) in [6.45, 7) is 8.48. The number of esters is 1. The largest absolute Gasteiger partial charge is 0.466 e. The number of benzene rings is 2. The lowest BCUT2D eigenvalue weighted by Crippen LogP contribution is -2.31. The lowest BCUT2D eigenvalue weighted by molar-refractivity contribution is -0.152. The van der Waals surface area contributed by atoms with Gasteiger partial charge in [-0.15, -0.1) is 0 Å². The van der Waals surface area contributed by atoms with Crippen LogP contribution in [0.1, 0.15) is 34.1 Å². The van der Waals surface area contributed by atoms with Crippen LogP contribution >= 0.6 is 19.6 Å². The average molecular weight is 422 g/mol. The zero-order chi connectivity index (χ0) is 20.5. The summed E-state index contributed by atoms with van der Waals surface area (Å²) in [5.74, 6) is -1.14. The van der Waals surface area contributed by atoms with Crippen molar-refractivity contribution in [3.05, 3.63) is 42.5 Å². The zero-order valence-corrected chi connectivity index (χ0v) is 18.8. The molecule has 0 aliphatic carbocycles. The minimum atomic E-state index is -1.74. The normalized spacial score (nSPS) is 14.1. The fourth-order valence-corrected chi connectivity index (χ4v) is 6.15. The number of fused-ring (bicyclic) bond motifs is 1. The number of rotatable bonds is 11. The molecule has 152 valence electrons. The van der Waals surface area contributed by atoms with E-state index in [-0.39, 0.29) is 11.9 Å². The molecule has 0 aliphatic rings. The molecule has 0 aromatic heterocycles. The lowest BCUT2D eigenvalue weighted by atomic mass is 9.97. The summed E-state index contributed by atoms with van der Waals surface area (Å²) in [6.07, 6.45) is 0.602. The zero-order valence-electron chi connectivity index (χ0n) is 17.1. The minimum Gasteiger partial charge on any atom is -0.466 e. The monoisotopic (exact) mass is 421 g/mol. The van der Waals surface area contributed by atoms with E-state index >= 15 is 0 Å². The van der Waals surface area contributed by atoms with Crippen molar-refractivity contribution in [1.82, 2.24) is 0 Å². The van der Waals surface area contributed by atoms with Crippen LogP contribution in [-0.2, 0) is 18.8 Å². The van der Waals surface area contributed by atoms with E-state index in [4.69, 9.17) is 9.47 Å². The summed E-state index contributed by atoms with van der Waals surface area (Å²) < 4.78 is 24.1. The van der Waals surface area contributed by atoms with Gasteiger partial charge in [0.15, 0.2) is 5.49 Å². The topological polar surface area (TPSA) is 52.6 Å². The highest BCUT2D eigenvalue weighted by Crippen LogP contribution is 2.42. The second kappa shape index (κ2) is 11.5. The van der Waals surface area contributed by atoms with Crippen molar-refractivity contribution in [2.75, 3.05) is 18.7 Å². The fourth-order valence-electron chi connectivity index (χ4n) is 3.13. The van der Waals surface area contributed by atoms with Gasteiger partial charge in [-0.1, -0.05) is 60.5 Å². The van der Waals surface area contributed by atoms with Gasteiger partial charge in [0.05, 0.1) is 6.61 Å². The fraction of sp³-hybridized carbons (Fsp3) is 0.500. The molecule has 0 saturated heterocycles. The molecular formula is C22H30O4PS+. The molecule has 0 N–H and O–H groups in total. The van der Waals surface area contributed by atoms with E-state index in [1.165, 1.54) is 5.39 Å². The van der Waals surface area contributed by atoms with Crippen molar-refractivity contribution >= 4 is 36.3 Å². The van der Waals surface area contributed by atoms with Crippen molar-refractivity contribution < 1.29 is 18.8 Å². The maximum atomic E-state index is 13.1. The molecule has 0 radical (unpaired) electrons. The van der Waals surface area contributed by atoms with Crippen LogP contribution in [0.15, 0.2) is 47.4 Å². The summed E-state index contributed by atoms with van der Waals surface area (Å²) in [7, 11) is -1.74. The Labute approximate surface area is 173 Å². The van der Waals surface area contributed by atoms with Gasteiger partial charge in [-0.05, 0) is 49.1 Å². The smallest absolute Gasteiger partial charge is 0.382 e. The molecule has 0 saturated carbocycles. The van der Waals surface area contributed by atoms with Crippen molar-refractivity contribution in [1.29, 1.82) is 0 Å². The van der Waals surface area contributed by atoms with Crippen LogP contribution in [-0.4, -0.2) is 30.5 Å². The Hall–Kier alpha value is -1.42. The van der Waals surface area contributed by atoms with E-state index in [0.717, 1.165) is 10.3 Å². The van der Waals surface area contributed by atoms with Crippen molar-refractivity contribution in [3.63, 3.8) is 0 Å². The van der Waals surface area contributed by atoms with E-state index in [1.54, 1.807) is 18.7 Å². The average Bonchev–Trinajstić information content (AvgIpc) is 2.68. The molecule has 3 unspecified atom stereocenters. The first-order valence-corrected chi connectivity index (χ1v) is 12.3. The van der Waals surface area contributed by atoms with E-state index in [2.05, 4.69) is 24.3 Å². The highest BCUT2D eigenvalue weighted by Gasteiger charge is 2.43. The number of hydrogen-bond donors (Lipinski definition) is 0. The molecule has 0 heterocycles. The first-order chi connectivity index (χ1) is 13.5. The Balaban J connectivity index is 2.11. The Morgan fingerprint density at radius 2 is 1.79 bits per heavy atom. The lowest BCUT2D eigenvalue weighted by Gasteiger charge is -2.20. The van der Waals surface area contributed by atoms with Crippen molar-refractivity contribution in [2.45, 2.75) is 44.9 Å². The molecular weight excluding hydrogens is 391 g/mol. The number of thioether (sulfide) groups is 1. The first-order valence-electron chi connectivity index (χ1n) is 9.79. The maximum Gasteiger partial charge on any atom is 0.382 e. The Kier molecular flexibility index (Phi) is 9.43. The van der Waals surface area contributed by atoms with Gasteiger partial charge in [0, 0.05) is 11.5 Å². The SMILES string of the molecule is CCOC(=O)C(CC(C)C)C(OCC)[P+](=O)CSc1ccc2ccccc2c1. The van der Waals surface area contributed by atoms with Crippen LogP contribution in [0.5, 0.6) is 0 Å². The molecule has 0 aliphatic heterocycles. The van der Waals surface area contributed by atoms with Crippen LogP contribution in [0.3, 0.4) is 0 Å². The van der Waals surface area contributed by atoms with Gasteiger partial charge < -0.3 is 9.47 Å². The molecule has 6 heteroatoms. The van der Waals surface area contributed by atoms with Crippen LogP contribution in [0, 0.1) is 11.8 Å². The van der Waals surface area contributed by atoms with Gasteiger partial charge in [0.25, 0.3) is 5.85 Å². The molecule has 0 amide bonds. The molecule has 2 aromatic carbocycles. The number of hydrogen-bond acceptors (Lipinski definition) is 5. The van der Waals surface area contributed by atoms with E-state index in [9.17, 15) is 9.36 Å². The summed E-state index contributed by atoms with van der Waals surface area (Å²) in [5, 5.41) is 2.34. The van der Waals surface area contributed by atoms with E-state index in [0.29, 0.717) is 25.1 Å². The number of ether oxygens (including phenoxy) is 2. The van der Waals surface area contributed by atoms with Crippen LogP contribution < -0.4 is 0 Å². The van der Waals surface area contributed by atoms with Gasteiger partial charge in [-0.2, -0.15) is 0 Å². The van der Waals surface area contributed by atoms with E-state index in [1.807, 2.05) is 39.0 Å². The van der Waals surface area contributed by atoms with Gasteiger partial charge in [-0.25, -0.2) is 0 Å². The molecule has 28 heavy (non-hydrogen) atoms. The second-order valence-corrected chi connectivity index (χ2v) is 10.2. The Bertz CT molecular complexity index is 793. The van der Waals surface area contributed by atoms with Crippen LogP contribution in [0.2, 0.25) is 0 Å². The standard InChI is InChI=1S/C22H30O4PS/c1-5-25-21(23)20(13-16(3)4)22(26-6-2)27(24)15-28-19-12-11-17-9-7-8-10-18(17)14-19/h7-12,14,16,20,22H,5-6,13,15H2,1-4H3/q+1. The maximum absolute atomic E-state index is 13.1. The van der Waals surface area contributed by atoms with Crippen molar-refractivity contribution in [2.24, 2.45) is 11.8 Å². The predicted octanol–water partition coefficient (Wildman–Crippen LogP) is 6.30. The third-order valence-corrected chi connectivity index (χ3v) is 7.56. The van der Waals surface area contributed by atoms with Gasteiger partial charge in [0.1, 0.15) is 5.92 Å². The van der Waals surface area contributed by atoms with Gasteiger partial charge >= 0.3 is 13.8 Å². The van der Waals surface area contributed by atoms with Crippen LogP contribution in [0.25, 0.3) is 10.8 Å². The molecule has 2 aromatic rings. The third kappa shape index (κ3) is 6.58. The quantitative estimate of drug-likeness (QED) is 0.242. The predicted molar refractivity (Wildman–Crippen MR) is 117 cm³/mol. The Morgan fingerprint density at radius 3 is 2.43 bits per heavy atom. The minimum absolute atomic E-state index is 0.286. The number of carbonyl (C=O) groups is 1. The third-order valence-electron chi connectivity index (χ3n) is 4.36. The molecule has 4 nitrogen and oxygen atoms in total. The molecule has 2 rings (SSSR count). The summed E-state index contributed by atoms with van der Waals surface area (Å²) in [5.41, 5.74) is 0.409. The van der Waals surface area contributed by atoms with Gasteiger partial charge in [-0.3, -0.25) is 4.79 Å². The summed E-state index contributed by atoms with van der Waals surface area (Å²) >= 11 is 1.54. The van der Waals surface area contributed by atoms with Crippen molar-refractivity contribution in [3.8, 4) is 0 Å². The molecule has 0 bridgehead atoms. The first kappa shape index (κ1) is 22.9. The van der Waals surface area contributed by atoms with E-state index < -0.39 is 19.6 Å². The Morgan fingerprint density at radius 1 is 1.07 bits per heavy atom.